The highest BCUT2D eigenvalue weighted by Crippen LogP contribution is 2.22. The molecule has 0 aliphatic carbocycles. The number of oxime groups is 1. The van der Waals surface area contributed by atoms with Crippen molar-refractivity contribution in [2.24, 2.45) is 5.16 Å². The second-order valence-electron chi connectivity index (χ2n) is 6.53. The molecule has 1 aliphatic rings. The molecule has 4 rings (SSSR count). The van der Waals surface area contributed by atoms with E-state index < -0.39 is 5.97 Å². The van der Waals surface area contributed by atoms with Gasteiger partial charge in [0.05, 0.1) is 5.57 Å². The van der Waals surface area contributed by atoms with E-state index in [9.17, 15) is 4.79 Å². The van der Waals surface area contributed by atoms with Crippen LogP contribution in [0.1, 0.15) is 22.3 Å². The Bertz CT molecular complexity index is 1050. The summed E-state index contributed by atoms with van der Waals surface area (Å²) >= 11 is 0. The first-order chi connectivity index (χ1) is 13.7. The largest absolute Gasteiger partial charge is 0.489 e. The molecule has 0 unspecified atom stereocenters. The smallest absolute Gasteiger partial charge is 0.368 e. The molecule has 3 aromatic carbocycles. The van der Waals surface area contributed by atoms with Crippen LogP contribution in [0.4, 0.5) is 0 Å². The van der Waals surface area contributed by atoms with Crippen LogP contribution in [0.2, 0.25) is 0 Å². The first-order valence-corrected chi connectivity index (χ1v) is 9.05. The second kappa shape index (κ2) is 7.92. The monoisotopic (exact) mass is 369 g/mol. The molecule has 138 valence electrons. The molecule has 0 atom stereocenters. The summed E-state index contributed by atoms with van der Waals surface area (Å²) in [5.74, 6) is 0.329. The highest BCUT2D eigenvalue weighted by atomic mass is 16.7. The Balaban J connectivity index is 1.50. The fourth-order valence-electron chi connectivity index (χ4n) is 2.97. The highest BCUT2D eigenvalue weighted by Gasteiger charge is 2.26. The molecule has 0 bridgehead atoms. The zero-order valence-electron chi connectivity index (χ0n) is 15.5. The van der Waals surface area contributed by atoms with E-state index in [1.54, 1.807) is 6.08 Å². The van der Waals surface area contributed by atoms with Gasteiger partial charge in [-0.15, -0.1) is 0 Å². The molecule has 0 radical (unpaired) electrons. The zero-order chi connectivity index (χ0) is 19.3. The summed E-state index contributed by atoms with van der Waals surface area (Å²) in [5.41, 5.74) is 5.08. The molecule has 4 nitrogen and oxygen atoms in total. The molecule has 3 aromatic rings. The number of hydrogen-bond acceptors (Lipinski definition) is 4. The minimum atomic E-state index is -0.446. The molecule has 0 aromatic heterocycles. The number of carbonyl (C=O) groups excluding carboxylic acids is 1. The molecule has 0 amide bonds. The normalized spacial score (nSPS) is 14.7. The molecule has 0 fully saturated rings. The predicted octanol–water partition coefficient (Wildman–Crippen LogP) is 4.92. The SMILES string of the molecule is Cc1ccccc1COc1ccc(/C=C2/C(=O)ON=C2c2ccccc2)cc1. The third-order valence-electron chi connectivity index (χ3n) is 4.59. The highest BCUT2D eigenvalue weighted by molar-refractivity contribution is 6.31. The minimum absolute atomic E-state index is 0.444. The number of nitrogens with zero attached hydrogens (tertiary/aromatic N) is 1. The van der Waals surface area contributed by atoms with Gasteiger partial charge in [-0.3, -0.25) is 0 Å². The van der Waals surface area contributed by atoms with E-state index in [1.807, 2.05) is 66.7 Å². The summed E-state index contributed by atoms with van der Waals surface area (Å²) in [7, 11) is 0. The van der Waals surface area contributed by atoms with Crippen LogP contribution in [0.15, 0.2) is 89.6 Å². The standard InChI is InChI=1S/C24H19NO3/c1-17-7-5-6-10-20(17)16-27-21-13-11-18(12-14-21)15-22-23(25-28-24(22)26)19-8-3-2-4-9-19/h2-15H,16H2,1H3/b22-15+. The van der Waals surface area contributed by atoms with E-state index >= 15 is 0 Å². The Morgan fingerprint density at radius 3 is 2.39 bits per heavy atom. The fraction of sp³-hybridized carbons (Fsp3) is 0.0833. The Kier molecular flexibility index (Phi) is 5.02. The number of benzene rings is 3. The lowest BCUT2D eigenvalue weighted by molar-refractivity contribution is -0.136. The molecule has 0 N–H and O–H groups in total. The van der Waals surface area contributed by atoms with Gasteiger partial charge in [0.2, 0.25) is 0 Å². The van der Waals surface area contributed by atoms with E-state index in [-0.39, 0.29) is 0 Å². The van der Waals surface area contributed by atoms with Gasteiger partial charge in [-0.2, -0.15) is 0 Å². The molecule has 1 aliphatic heterocycles. The van der Waals surface area contributed by atoms with Gasteiger partial charge in [-0.1, -0.05) is 71.9 Å². The molecule has 0 spiro atoms. The van der Waals surface area contributed by atoms with Gasteiger partial charge in [-0.25, -0.2) is 4.79 Å². The van der Waals surface area contributed by atoms with Crippen LogP contribution in [0.5, 0.6) is 5.75 Å². The van der Waals surface area contributed by atoms with Crippen LogP contribution < -0.4 is 4.74 Å². The van der Waals surface area contributed by atoms with Crippen LogP contribution in [-0.4, -0.2) is 11.7 Å². The average Bonchev–Trinajstić information content (AvgIpc) is 3.09. The summed E-state index contributed by atoms with van der Waals surface area (Å²) in [6.07, 6.45) is 1.78. The maximum absolute atomic E-state index is 12.1. The van der Waals surface area contributed by atoms with Crippen LogP contribution in [-0.2, 0) is 16.2 Å². The first-order valence-electron chi connectivity index (χ1n) is 9.05. The third kappa shape index (κ3) is 3.86. The van der Waals surface area contributed by atoms with Gasteiger partial charge in [0.25, 0.3) is 0 Å². The lowest BCUT2D eigenvalue weighted by Crippen LogP contribution is -2.06. The van der Waals surface area contributed by atoms with Crippen molar-refractivity contribution in [2.45, 2.75) is 13.5 Å². The summed E-state index contributed by atoms with van der Waals surface area (Å²) in [6, 6.07) is 25.3. The van der Waals surface area contributed by atoms with E-state index in [4.69, 9.17) is 9.57 Å². The van der Waals surface area contributed by atoms with Crippen molar-refractivity contribution in [2.75, 3.05) is 0 Å². The summed E-state index contributed by atoms with van der Waals surface area (Å²) < 4.78 is 5.87. The average molecular weight is 369 g/mol. The van der Waals surface area contributed by atoms with Crippen LogP contribution in [0, 0.1) is 6.92 Å². The summed E-state index contributed by atoms with van der Waals surface area (Å²) in [4.78, 5) is 17.0. The van der Waals surface area contributed by atoms with Gasteiger partial charge >= 0.3 is 5.97 Å². The van der Waals surface area contributed by atoms with Crippen molar-refractivity contribution < 1.29 is 14.4 Å². The van der Waals surface area contributed by atoms with Gasteiger partial charge in [-0.05, 0) is 41.8 Å². The zero-order valence-corrected chi connectivity index (χ0v) is 15.5. The Labute approximate surface area is 163 Å². The number of rotatable bonds is 5. The topological polar surface area (TPSA) is 47.9 Å². The van der Waals surface area contributed by atoms with Crippen molar-refractivity contribution in [3.05, 3.63) is 107 Å². The van der Waals surface area contributed by atoms with Crippen molar-refractivity contribution >= 4 is 17.8 Å². The van der Waals surface area contributed by atoms with Crippen LogP contribution in [0.3, 0.4) is 0 Å². The molecule has 28 heavy (non-hydrogen) atoms. The van der Waals surface area contributed by atoms with Crippen LogP contribution >= 0.6 is 0 Å². The number of aryl methyl sites for hydroxylation is 1. The number of carbonyl (C=O) groups is 1. The molecule has 1 heterocycles. The van der Waals surface area contributed by atoms with E-state index in [2.05, 4.69) is 24.2 Å². The number of hydrogen-bond donors (Lipinski definition) is 0. The molecule has 0 saturated carbocycles. The predicted molar refractivity (Wildman–Crippen MR) is 109 cm³/mol. The van der Waals surface area contributed by atoms with Gasteiger partial charge in [0.1, 0.15) is 18.1 Å². The lowest BCUT2D eigenvalue weighted by Gasteiger charge is -2.09. The van der Waals surface area contributed by atoms with E-state index in [0.717, 1.165) is 22.4 Å². The van der Waals surface area contributed by atoms with E-state index in [1.165, 1.54) is 5.56 Å². The van der Waals surface area contributed by atoms with Crippen LogP contribution in [0.25, 0.3) is 6.08 Å². The summed E-state index contributed by atoms with van der Waals surface area (Å²) in [6.45, 7) is 2.59. The molecule has 0 saturated heterocycles. The van der Waals surface area contributed by atoms with Gasteiger partial charge in [0, 0.05) is 5.56 Å². The van der Waals surface area contributed by atoms with Crippen molar-refractivity contribution in [1.29, 1.82) is 0 Å². The Morgan fingerprint density at radius 2 is 1.64 bits per heavy atom. The van der Waals surface area contributed by atoms with Crippen molar-refractivity contribution in [3.8, 4) is 5.75 Å². The molecular formula is C24H19NO3. The van der Waals surface area contributed by atoms with E-state index in [0.29, 0.717) is 17.9 Å². The molecular weight excluding hydrogens is 350 g/mol. The third-order valence-corrected chi connectivity index (χ3v) is 4.59. The van der Waals surface area contributed by atoms with Crippen molar-refractivity contribution in [1.82, 2.24) is 0 Å². The fourth-order valence-corrected chi connectivity index (χ4v) is 2.97. The first kappa shape index (κ1) is 17.7. The Morgan fingerprint density at radius 1 is 0.929 bits per heavy atom. The van der Waals surface area contributed by atoms with Gasteiger partial charge in [0.15, 0.2) is 0 Å². The maximum atomic E-state index is 12.1. The summed E-state index contributed by atoms with van der Waals surface area (Å²) in [5, 5.41) is 3.93. The van der Waals surface area contributed by atoms with Gasteiger partial charge < -0.3 is 9.57 Å². The lowest BCUT2D eigenvalue weighted by atomic mass is 10.0. The number of ether oxygens (including phenoxy) is 1. The quantitative estimate of drug-likeness (QED) is 0.474. The molecule has 4 heteroatoms. The van der Waals surface area contributed by atoms with Crippen molar-refractivity contribution in [3.63, 3.8) is 0 Å². The second-order valence-corrected chi connectivity index (χ2v) is 6.53. The maximum Gasteiger partial charge on any atom is 0.368 e. The minimum Gasteiger partial charge on any atom is -0.489 e. The Hall–Kier alpha value is -3.66.